The molecule has 1 saturated carbocycles. The second-order valence-corrected chi connectivity index (χ2v) is 6.08. The fourth-order valence-electron chi connectivity index (χ4n) is 3.25. The van der Waals surface area contributed by atoms with Crippen LogP contribution in [0.25, 0.3) is 0 Å². The van der Waals surface area contributed by atoms with Gasteiger partial charge in [-0.2, -0.15) is 0 Å². The molecule has 0 heterocycles. The second-order valence-electron chi connectivity index (χ2n) is 6.08. The molecule has 0 spiro atoms. The Morgan fingerprint density at radius 1 is 1.43 bits per heavy atom. The molecular weight excluding hydrogens is 269 g/mol. The van der Waals surface area contributed by atoms with E-state index in [-0.39, 0.29) is 17.7 Å². The van der Waals surface area contributed by atoms with Crippen molar-refractivity contribution in [1.82, 2.24) is 0 Å². The van der Waals surface area contributed by atoms with Crippen LogP contribution in [0.5, 0.6) is 0 Å². The summed E-state index contributed by atoms with van der Waals surface area (Å²) in [5, 5.41) is 3.17. The van der Waals surface area contributed by atoms with Crippen LogP contribution in [-0.4, -0.2) is 18.1 Å². The number of anilines is 1. The lowest BCUT2D eigenvalue weighted by molar-refractivity contribution is -0.152. The van der Waals surface area contributed by atoms with Crippen molar-refractivity contribution in [3.05, 3.63) is 30.1 Å². The van der Waals surface area contributed by atoms with Gasteiger partial charge in [0.25, 0.3) is 0 Å². The monoisotopic (exact) mass is 293 g/mol. The molecule has 1 aromatic carbocycles. The number of hydrogen-bond acceptors (Lipinski definition) is 3. The highest BCUT2D eigenvalue weighted by molar-refractivity contribution is 5.85. The minimum absolute atomic E-state index is 0.0971. The molecule has 0 bridgehead atoms. The van der Waals surface area contributed by atoms with E-state index in [9.17, 15) is 9.18 Å². The highest BCUT2D eigenvalue weighted by Gasteiger charge is 2.48. The number of rotatable bonds is 4. The predicted octanol–water partition coefficient (Wildman–Crippen LogP) is 4.00. The fourth-order valence-corrected chi connectivity index (χ4v) is 3.25. The molecule has 21 heavy (non-hydrogen) atoms. The molecule has 0 aromatic heterocycles. The van der Waals surface area contributed by atoms with Gasteiger partial charge in [0.15, 0.2) is 0 Å². The number of carbonyl (C=O) groups is 1. The van der Waals surface area contributed by atoms with Crippen LogP contribution in [0.4, 0.5) is 10.1 Å². The zero-order valence-corrected chi connectivity index (χ0v) is 13.0. The second kappa shape index (κ2) is 6.46. The highest BCUT2D eigenvalue weighted by atomic mass is 19.1. The average molecular weight is 293 g/mol. The summed E-state index contributed by atoms with van der Waals surface area (Å²) in [6, 6.07) is 6.47. The lowest BCUT2D eigenvalue weighted by Gasteiger charge is -2.43. The molecule has 1 aliphatic carbocycles. The van der Waals surface area contributed by atoms with Crippen LogP contribution < -0.4 is 5.32 Å². The number of benzene rings is 1. The first-order chi connectivity index (χ1) is 9.99. The van der Waals surface area contributed by atoms with Crippen LogP contribution in [-0.2, 0) is 9.53 Å². The molecule has 0 amide bonds. The van der Waals surface area contributed by atoms with E-state index < -0.39 is 5.54 Å². The predicted molar refractivity (Wildman–Crippen MR) is 81.6 cm³/mol. The van der Waals surface area contributed by atoms with Gasteiger partial charge in [0.2, 0.25) is 0 Å². The van der Waals surface area contributed by atoms with Crippen molar-refractivity contribution in [3.63, 3.8) is 0 Å². The number of ether oxygens (including phenoxy) is 1. The average Bonchev–Trinajstić information content (AvgIpc) is 2.44. The largest absolute Gasteiger partial charge is 0.464 e. The minimum Gasteiger partial charge on any atom is -0.464 e. The minimum atomic E-state index is -0.829. The molecule has 1 fully saturated rings. The van der Waals surface area contributed by atoms with E-state index in [2.05, 4.69) is 12.2 Å². The van der Waals surface area contributed by atoms with E-state index in [0.717, 1.165) is 12.8 Å². The standard InChI is InChI=1S/C17H24FNO2/c1-4-21-16(20)17(10-9-12(2)11-13(17)3)19-15-8-6-5-7-14(15)18/h5-8,12-13,19H,4,9-11H2,1-3H3. The van der Waals surface area contributed by atoms with Gasteiger partial charge in [-0.3, -0.25) is 0 Å². The molecule has 3 nitrogen and oxygen atoms in total. The topological polar surface area (TPSA) is 38.3 Å². The van der Waals surface area contributed by atoms with Gasteiger partial charge in [-0.05, 0) is 50.2 Å². The maximum Gasteiger partial charge on any atom is 0.332 e. The zero-order chi connectivity index (χ0) is 15.5. The van der Waals surface area contributed by atoms with Crippen molar-refractivity contribution in [2.45, 2.75) is 45.6 Å². The Labute approximate surface area is 125 Å². The number of para-hydroxylation sites is 1. The normalized spacial score (nSPS) is 29.0. The smallest absolute Gasteiger partial charge is 0.332 e. The lowest BCUT2D eigenvalue weighted by Crippen LogP contribution is -2.55. The Morgan fingerprint density at radius 2 is 2.14 bits per heavy atom. The lowest BCUT2D eigenvalue weighted by atomic mass is 9.69. The number of hydrogen-bond donors (Lipinski definition) is 1. The summed E-state index contributed by atoms with van der Waals surface area (Å²) in [6.45, 7) is 6.36. The molecular formula is C17H24FNO2. The summed E-state index contributed by atoms with van der Waals surface area (Å²) >= 11 is 0. The van der Waals surface area contributed by atoms with Crippen LogP contribution in [0.1, 0.15) is 40.0 Å². The van der Waals surface area contributed by atoms with Gasteiger partial charge in [0.05, 0.1) is 12.3 Å². The van der Waals surface area contributed by atoms with Gasteiger partial charge >= 0.3 is 5.97 Å². The first-order valence-corrected chi connectivity index (χ1v) is 7.69. The molecule has 0 saturated heterocycles. The van der Waals surface area contributed by atoms with E-state index >= 15 is 0 Å². The first-order valence-electron chi connectivity index (χ1n) is 7.69. The summed E-state index contributed by atoms with van der Waals surface area (Å²) in [7, 11) is 0. The van der Waals surface area contributed by atoms with Crippen molar-refractivity contribution < 1.29 is 13.9 Å². The van der Waals surface area contributed by atoms with Crippen molar-refractivity contribution in [3.8, 4) is 0 Å². The van der Waals surface area contributed by atoms with Gasteiger partial charge in [-0.25, -0.2) is 9.18 Å². The summed E-state index contributed by atoms with van der Waals surface area (Å²) in [4.78, 5) is 12.5. The number of halogens is 1. The van der Waals surface area contributed by atoms with Crippen LogP contribution in [0.15, 0.2) is 24.3 Å². The van der Waals surface area contributed by atoms with E-state index in [1.54, 1.807) is 25.1 Å². The van der Waals surface area contributed by atoms with Gasteiger partial charge in [0.1, 0.15) is 11.4 Å². The SMILES string of the molecule is CCOC(=O)C1(Nc2ccccc2F)CCC(C)CC1C. The molecule has 3 atom stereocenters. The van der Waals surface area contributed by atoms with Gasteiger partial charge in [0, 0.05) is 0 Å². The van der Waals surface area contributed by atoms with Gasteiger partial charge in [-0.15, -0.1) is 0 Å². The zero-order valence-electron chi connectivity index (χ0n) is 13.0. The van der Waals surface area contributed by atoms with Crippen LogP contribution >= 0.6 is 0 Å². The Balaban J connectivity index is 2.32. The summed E-state index contributed by atoms with van der Waals surface area (Å²) < 4.78 is 19.2. The molecule has 1 aromatic rings. The Kier molecular flexibility index (Phi) is 4.86. The van der Waals surface area contributed by atoms with Crippen molar-refractivity contribution in [2.75, 3.05) is 11.9 Å². The molecule has 4 heteroatoms. The van der Waals surface area contributed by atoms with E-state index in [4.69, 9.17) is 4.74 Å². The molecule has 0 radical (unpaired) electrons. The third-order valence-corrected chi connectivity index (χ3v) is 4.50. The third kappa shape index (κ3) is 3.20. The Hall–Kier alpha value is -1.58. The van der Waals surface area contributed by atoms with Crippen molar-refractivity contribution in [1.29, 1.82) is 0 Å². The Morgan fingerprint density at radius 3 is 2.76 bits per heavy atom. The maximum atomic E-state index is 14.0. The van der Waals surface area contributed by atoms with Gasteiger partial charge < -0.3 is 10.1 Å². The summed E-state index contributed by atoms with van der Waals surface area (Å²) in [5.41, 5.74) is -0.461. The highest BCUT2D eigenvalue weighted by Crippen LogP contribution is 2.40. The molecule has 0 aliphatic heterocycles. The van der Waals surface area contributed by atoms with E-state index in [1.165, 1.54) is 6.07 Å². The Bertz CT molecular complexity index is 505. The van der Waals surface area contributed by atoms with Gasteiger partial charge in [-0.1, -0.05) is 26.0 Å². The number of carbonyl (C=O) groups excluding carboxylic acids is 1. The van der Waals surface area contributed by atoms with Crippen LogP contribution in [0, 0.1) is 17.7 Å². The summed E-state index contributed by atoms with van der Waals surface area (Å²) in [5.74, 6) is 0.0597. The number of esters is 1. The third-order valence-electron chi connectivity index (χ3n) is 4.50. The first kappa shape index (κ1) is 15.8. The molecule has 116 valence electrons. The molecule has 3 unspecified atom stereocenters. The van der Waals surface area contributed by atoms with Crippen molar-refractivity contribution in [2.24, 2.45) is 11.8 Å². The quantitative estimate of drug-likeness (QED) is 0.853. The molecule has 1 aliphatic rings. The van der Waals surface area contributed by atoms with E-state index in [1.807, 2.05) is 6.92 Å². The number of nitrogens with one attached hydrogen (secondary N) is 1. The molecule has 2 rings (SSSR count). The van der Waals surface area contributed by atoms with Crippen LogP contribution in [0.2, 0.25) is 0 Å². The maximum absolute atomic E-state index is 14.0. The molecule has 1 N–H and O–H groups in total. The fraction of sp³-hybridized carbons (Fsp3) is 0.588. The van der Waals surface area contributed by atoms with E-state index in [0.29, 0.717) is 24.6 Å². The van der Waals surface area contributed by atoms with Crippen LogP contribution in [0.3, 0.4) is 0 Å². The van der Waals surface area contributed by atoms with Crippen molar-refractivity contribution >= 4 is 11.7 Å². The summed E-state index contributed by atoms with van der Waals surface area (Å²) in [6.07, 6.45) is 2.54.